The van der Waals surface area contributed by atoms with Crippen molar-refractivity contribution in [3.05, 3.63) is 0 Å². The van der Waals surface area contributed by atoms with Crippen LogP contribution in [0.1, 0.15) is 26.7 Å². The number of hydrogen-bond acceptors (Lipinski definition) is 3. The van der Waals surface area contributed by atoms with E-state index in [1.807, 2.05) is 0 Å². The molecule has 14 heavy (non-hydrogen) atoms. The number of carboxylic acid groups (broad SMARTS) is 1. The van der Waals surface area contributed by atoms with Gasteiger partial charge in [-0.25, -0.2) is 0 Å². The average molecular weight is 201 g/mol. The van der Waals surface area contributed by atoms with Crippen LogP contribution in [0.5, 0.6) is 0 Å². The van der Waals surface area contributed by atoms with E-state index >= 15 is 0 Å². The molecule has 0 aromatic heterocycles. The van der Waals surface area contributed by atoms with Crippen molar-refractivity contribution < 1.29 is 15.0 Å². The predicted octanol–water partition coefficient (Wildman–Crippen LogP) is 0.554. The molecule has 4 nitrogen and oxygen atoms in total. The average Bonchev–Trinajstić information content (AvgIpc) is 2.85. The van der Waals surface area contributed by atoms with Crippen LogP contribution < -0.4 is 0 Å². The Morgan fingerprint density at radius 2 is 2.07 bits per heavy atom. The van der Waals surface area contributed by atoms with Crippen LogP contribution in [-0.2, 0) is 4.79 Å². The zero-order chi connectivity index (χ0) is 10.8. The molecule has 0 aromatic carbocycles. The molecule has 1 rings (SSSR count). The van der Waals surface area contributed by atoms with Crippen LogP contribution in [0.15, 0.2) is 0 Å². The maximum atomic E-state index is 10.9. The van der Waals surface area contributed by atoms with E-state index in [0.717, 1.165) is 12.8 Å². The topological polar surface area (TPSA) is 60.8 Å². The smallest absolute Gasteiger partial charge is 0.310 e. The summed E-state index contributed by atoms with van der Waals surface area (Å²) >= 11 is 0. The molecule has 1 aliphatic carbocycles. The second kappa shape index (κ2) is 4.28. The molecular formula is C10H19NO3. The lowest BCUT2D eigenvalue weighted by molar-refractivity contribution is -0.148. The monoisotopic (exact) mass is 201 g/mol. The Bertz CT molecular complexity index is 211. The third-order valence-corrected chi connectivity index (χ3v) is 2.63. The van der Waals surface area contributed by atoms with E-state index in [-0.39, 0.29) is 6.61 Å². The number of aliphatic carboxylic acids is 1. The zero-order valence-corrected chi connectivity index (χ0v) is 8.86. The second-order valence-corrected chi connectivity index (χ2v) is 4.61. The number of nitrogens with zero attached hydrogens (tertiary/aromatic N) is 1. The highest BCUT2D eigenvalue weighted by Crippen LogP contribution is 2.29. The van der Waals surface area contributed by atoms with Gasteiger partial charge in [-0.05, 0) is 26.7 Å². The van der Waals surface area contributed by atoms with E-state index in [2.05, 4.69) is 4.90 Å². The number of rotatable bonds is 6. The Balaban J connectivity index is 2.49. The molecule has 0 atom stereocenters. The maximum absolute atomic E-state index is 10.9. The van der Waals surface area contributed by atoms with Crippen LogP contribution in [-0.4, -0.2) is 46.8 Å². The van der Waals surface area contributed by atoms with Crippen LogP contribution in [0.3, 0.4) is 0 Å². The third kappa shape index (κ3) is 2.96. The largest absolute Gasteiger partial charge is 0.481 e. The summed E-state index contributed by atoms with van der Waals surface area (Å²) in [6, 6.07) is 0.501. The molecule has 0 radical (unpaired) electrons. The van der Waals surface area contributed by atoms with Gasteiger partial charge >= 0.3 is 5.97 Å². The van der Waals surface area contributed by atoms with Gasteiger partial charge in [-0.15, -0.1) is 0 Å². The Morgan fingerprint density at radius 1 is 1.50 bits per heavy atom. The fraction of sp³-hybridized carbons (Fsp3) is 0.900. The minimum atomic E-state index is -0.777. The highest BCUT2D eigenvalue weighted by Gasteiger charge is 2.36. The molecule has 0 spiro atoms. The summed E-state index contributed by atoms with van der Waals surface area (Å²) in [7, 11) is 0. The van der Waals surface area contributed by atoms with Crippen molar-refractivity contribution in [2.24, 2.45) is 5.41 Å². The van der Waals surface area contributed by atoms with E-state index in [0.29, 0.717) is 19.1 Å². The summed E-state index contributed by atoms with van der Waals surface area (Å²) in [6.45, 7) is 4.66. The number of hydrogen-bond donors (Lipinski definition) is 2. The van der Waals surface area contributed by atoms with Crippen LogP contribution in [0.2, 0.25) is 0 Å². The third-order valence-electron chi connectivity index (χ3n) is 2.63. The SMILES string of the molecule is CC(C)(CN(CCO)C1CC1)C(=O)O. The molecule has 0 bridgehead atoms. The molecule has 1 aliphatic rings. The molecule has 2 N–H and O–H groups in total. The minimum absolute atomic E-state index is 0.103. The highest BCUT2D eigenvalue weighted by molar-refractivity contribution is 5.73. The van der Waals surface area contributed by atoms with Crippen molar-refractivity contribution in [2.75, 3.05) is 19.7 Å². The fourth-order valence-corrected chi connectivity index (χ4v) is 1.53. The molecular weight excluding hydrogens is 182 g/mol. The summed E-state index contributed by atoms with van der Waals surface area (Å²) in [5, 5.41) is 17.8. The van der Waals surface area contributed by atoms with Crippen LogP contribution in [0.25, 0.3) is 0 Å². The molecule has 4 heteroatoms. The maximum Gasteiger partial charge on any atom is 0.310 e. The van der Waals surface area contributed by atoms with Gasteiger partial charge in [0.15, 0.2) is 0 Å². The molecule has 0 aromatic rings. The van der Waals surface area contributed by atoms with Gasteiger partial charge in [0.1, 0.15) is 0 Å². The number of carboxylic acids is 1. The Kier molecular flexibility index (Phi) is 3.50. The van der Waals surface area contributed by atoms with E-state index in [9.17, 15) is 4.79 Å². The molecule has 0 amide bonds. The van der Waals surface area contributed by atoms with Crippen molar-refractivity contribution >= 4 is 5.97 Å². The minimum Gasteiger partial charge on any atom is -0.481 e. The lowest BCUT2D eigenvalue weighted by Gasteiger charge is -2.29. The van der Waals surface area contributed by atoms with E-state index in [1.54, 1.807) is 13.8 Å². The van der Waals surface area contributed by atoms with Gasteiger partial charge < -0.3 is 10.2 Å². The second-order valence-electron chi connectivity index (χ2n) is 4.61. The number of aliphatic hydroxyl groups excluding tert-OH is 1. The van der Waals surface area contributed by atoms with Crippen molar-refractivity contribution in [1.82, 2.24) is 4.90 Å². The van der Waals surface area contributed by atoms with E-state index < -0.39 is 11.4 Å². The summed E-state index contributed by atoms with van der Waals surface area (Å²) < 4.78 is 0. The van der Waals surface area contributed by atoms with Crippen molar-refractivity contribution in [3.63, 3.8) is 0 Å². The summed E-state index contributed by atoms with van der Waals surface area (Å²) in [6.07, 6.45) is 2.27. The van der Waals surface area contributed by atoms with Gasteiger partial charge in [0, 0.05) is 19.1 Å². The predicted molar refractivity (Wildman–Crippen MR) is 53.1 cm³/mol. The first-order valence-electron chi connectivity index (χ1n) is 5.05. The van der Waals surface area contributed by atoms with Gasteiger partial charge in [-0.2, -0.15) is 0 Å². The first kappa shape index (κ1) is 11.5. The van der Waals surface area contributed by atoms with E-state index in [4.69, 9.17) is 10.2 Å². The van der Waals surface area contributed by atoms with Crippen LogP contribution >= 0.6 is 0 Å². The molecule has 0 aliphatic heterocycles. The van der Waals surface area contributed by atoms with Gasteiger partial charge in [0.05, 0.1) is 12.0 Å². The molecule has 1 fully saturated rings. The quantitative estimate of drug-likeness (QED) is 0.659. The first-order chi connectivity index (χ1) is 6.47. The zero-order valence-electron chi connectivity index (χ0n) is 8.86. The fourth-order valence-electron chi connectivity index (χ4n) is 1.53. The van der Waals surface area contributed by atoms with Crippen molar-refractivity contribution in [1.29, 1.82) is 0 Å². The van der Waals surface area contributed by atoms with Gasteiger partial charge in [-0.1, -0.05) is 0 Å². The summed E-state index contributed by atoms with van der Waals surface area (Å²) in [4.78, 5) is 13.0. The molecule has 0 heterocycles. The first-order valence-corrected chi connectivity index (χ1v) is 5.05. The Morgan fingerprint density at radius 3 is 2.43 bits per heavy atom. The van der Waals surface area contributed by atoms with Gasteiger partial charge in [-0.3, -0.25) is 9.69 Å². The van der Waals surface area contributed by atoms with Crippen LogP contribution in [0, 0.1) is 5.41 Å². The van der Waals surface area contributed by atoms with Gasteiger partial charge in [0.2, 0.25) is 0 Å². The Labute approximate surface area is 84.5 Å². The Hall–Kier alpha value is -0.610. The lowest BCUT2D eigenvalue weighted by Crippen LogP contribution is -2.41. The number of carbonyl (C=O) groups is 1. The summed E-state index contributed by atoms with van der Waals surface area (Å²) in [5.41, 5.74) is -0.724. The molecule has 0 unspecified atom stereocenters. The lowest BCUT2D eigenvalue weighted by atomic mass is 9.93. The van der Waals surface area contributed by atoms with Gasteiger partial charge in [0.25, 0.3) is 0 Å². The van der Waals surface area contributed by atoms with Crippen molar-refractivity contribution in [3.8, 4) is 0 Å². The summed E-state index contributed by atoms with van der Waals surface area (Å²) in [5.74, 6) is -0.777. The van der Waals surface area contributed by atoms with Crippen molar-refractivity contribution in [2.45, 2.75) is 32.7 Å². The number of aliphatic hydroxyl groups is 1. The van der Waals surface area contributed by atoms with Crippen LogP contribution in [0.4, 0.5) is 0 Å². The normalized spacial score (nSPS) is 17.4. The highest BCUT2D eigenvalue weighted by atomic mass is 16.4. The molecule has 82 valence electrons. The standard InChI is InChI=1S/C10H19NO3/c1-10(2,9(13)14)7-11(5-6-12)8-3-4-8/h8,12H,3-7H2,1-2H3,(H,13,14). The molecule has 0 saturated heterocycles. The van der Waals surface area contributed by atoms with E-state index in [1.165, 1.54) is 0 Å². The molecule has 1 saturated carbocycles.